The Kier molecular flexibility index (Phi) is 7.08. The SMILES string of the molecule is COCCO.O=C1CCCN1. The molecule has 66 valence electrons. The van der Waals surface area contributed by atoms with E-state index in [-0.39, 0.29) is 12.5 Å². The first kappa shape index (κ1) is 10.4. The Balaban J connectivity index is 0.000000187. The van der Waals surface area contributed by atoms with E-state index in [0.717, 1.165) is 19.4 Å². The number of methoxy groups -OCH3 is 1. The zero-order valence-corrected chi connectivity index (χ0v) is 6.80. The topological polar surface area (TPSA) is 58.6 Å². The number of nitrogens with one attached hydrogen (secondary N) is 1. The van der Waals surface area contributed by atoms with Gasteiger partial charge in [-0.2, -0.15) is 0 Å². The van der Waals surface area contributed by atoms with Crippen molar-refractivity contribution in [3.05, 3.63) is 0 Å². The molecule has 0 aliphatic carbocycles. The molecule has 0 aromatic heterocycles. The van der Waals surface area contributed by atoms with E-state index in [4.69, 9.17) is 5.11 Å². The minimum absolute atomic E-state index is 0.122. The molecule has 1 amide bonds. The van der Waals surface area contributed by atoms with Gasteiger partial charge in [-0.3, -0.25) is 4.79 Å². The van der Waals surface area contributed by atoms with E-state index in [1.54, 1.807) is 7.11 Å². The second-order valence-corrected chi connectivity index (χ2v) is 2.17. The highest BCUT2D eigenvalue weighted by Gasteiger charge is 2.05. The molecule has 1 fully saturated rings. The molecule has 0 saturated carbocycles. The number of rotatable bonds is 2. The standard InChI is InChI=1S/C4H7NO.C3H8O2/c6-4-2-1-3-5-4;1-5-3-2-4/h1-3H2,(H,5,6);4H,2-3H2,1H3. The number of amides is 1. The van der Waals surface area contributed by atoms with Gasteiger partial charge in [0.2, 0.25) is 5.91 Å². The van der Waals surface area contributed by atoms with Gasteiger partial charge < -0.3 is 15.2 Å². The molecule has 0 spiro atoms. The predicted octanol–water partition coefficient (Wildman–Crippen LogP) is -0.479. The molecule has 1 rings (SSSR count). The summed E-state index contributed by atoms with van der Waals surface area (Å²) in [7, 11) is 1.55. The Hall–Kier alpha value is -0.610. The fourth-order valence-corrected chi connectivity index (χ4v) is 0.656. The van der Waals surface area contributed by atoms with Crippen molar-refractivity contribution >= 4 is 5.91 Å². The average molecular weight is 161 g/mol. The van der Waals surface area contributed by atoms with Crippen LogP contribution in [0, 0.1) is 0 Å². The molecule has 0 aromatic rings. The quantitative estimate of drug-likeness (QED) is 0.575. The Morgan fingerprint density at radius 2 is 2.45 bits per heavy atom. The summed E-state index contributed by atoms with van der Waals surface area (Å²) in [6.07, 6.45) is 1.76. The molecule has 4 nitrogen and oxygen atoms in total. The Morgan fingerprint density at radius 1 is 1.73 bits per heavy atom. The van der Waals surface area contributed by atoms with Crippen LogP contribution in [0.4, 0.5) is 0 Å². The van der Waals surface area contributed by atoms with E-state index in [1.165, 1.54) is 0 Å². The fourth-order valence-electron chi connectivity index (χ4n) is 0.656. The van der Waals surface area contributed by atoms with Crippen molar-refractivity contribution in [2.45, 2.75) is 12.8 Å². The Morgan fingerprint density at radius 3 is 2.55 bits per heavy atom. The maximum atomic E-state index is 10.1. The van der Waals surface area contributed by atoms with Gasteiger partial charge >= 0.3 is 0 Å². The summed E-state index contributed by atoms with van der Waals surface area (Å²) < 4.78 is 4.44. The number of aliphatic hydroxyl groups is 1. The number of hydrogen-bond donors (Lipinski definition) is 2. The van der Waals surface area contributed by atoms with E-state index in [2.05, 4.69) is 10.1 Å². The van der Waals surface area contributed by atoms with Gasteiger partial charge in [-0.25, -0.2) is 0 Å². The van der Waals surface area contributed by atoms with Crippen LogP contribution < -0.4 is 5.32 Å². The number of carbonyl (C=O) groups excluding carboxylic acids is 1. The Labute approximate surface area is 66.5 Å². The molecule has 2 N–H and O–H groups in total. The van der Waals surface area contributed by atoms with Crippen molar-refractivity contribution in [2.24, 2.45) is 0 Å². The summed E-state index contributed by atoms with van der Waals surface area (Å²) in [4.78, 5) is 10.1. The van der Waals surface area contributed by atoms with Crippen molar-refractivity contribution in [3.8, 4) is 0 Å². The van der Waals surface area contributed by atoms with Gasteiger partial charge in [0.1, 0.15) is 0 Å². The first-order chi connectivity index (χ1) is 5.31. The summed E-state index contributed by atoms with van der Waals surface area (Å²) in [5, 5.41) is 10.6. The second-order valence-electron chi connectivity index (χ2n) is 2.17. The van der Waals surface area contributed by atoms with Crippen LogP contribution >= 0.6 is 0 Å². The minimum Gasteiger partial charge on any atom is -0.394 e. The molecule has 0 aromatic carbocycles. The van der Waals surface area contributed by atoms with Crippen molar-refractivity contribution in [2.75, 3.05) is 26.9 Å². The van der Waals surface area contributed by atoms with Gasteiger partial charge in [-0.1, -0.05) is 0 Å². The number of ether oxygens (including phenoxy) is 1. The minimum atomic E-state index is 0.122. The van der Waals surface area contributed by atoms with Gasteiger partial charge in [0.25, 0.3) is 0 Å². The maximum absolute atomic E-state index is 10.1. The fraction of sp³-hybridized carbons (Fsp3) is 0.857. The molecular weight excluding hydrogens is 146 g/mol. The number of aliphatic hydroxyl groups excluding tert-OH is 1. The van der Waals surface area contributed by atoms with Gasteiger partial charge in [-0.05, 0) is 6.42 Å². The van der Waals surface area contributed by atoms with E-state index >= 15 is 0 Å². The van der Waals surface area contributed by atoms with Crippen LogP contribution in [0.5, 0.6) is 0 Å². The van der Waals surface area contributed by atoms with Crippen molar-refractivity contribution < 1.29 is 14.6 Å². The molecule has 0 atom stereocenters. The van der Waals surface area contributed by atoms with Gasteiger partial charge in [0, 0.05) is 20.1 Å². The zero-order valence-electron chi connectivity index (χ0n) is 6.80. The first-order valence-electron chi connectivity index (χ1n) is 3.67. The van der Waals surface area contributed by atoms with Crippen molar-refractivity contribution in [1.29, 1.82) is 0 Å². The normalized spacial score (nSPS) is 15.3. The van der Waals surface area contributed by atoms with Crippen LogP contribution in [0.25, 0.3) is 0 Å². The van der Waals surface area contributed by atoms with Crippen LogP contribution in [0.3, 0.4) is 0 Å². The molecule has 1 aliphatic heterocycles. The van der Waals surface area contributed by atoms with Crippen LogP contribution in [0.15, 0.2) is 0 Å². The number of carbonyl (C=O) groups is 1. The molecule has 0 unspecified atom stereocenters. The third-order valence-electron chi connectivity index (χ3n) is 1.20. The van der Waals surface area contributed by atoms with Crippen LogP contribution in [0.1, 0.15) is 12.8 Å². The highest BCUT2D eigenvalue weighted by molar-refractivity contribution is 5.77. The van der Waals surface area contributed by atoms with E-state index in [1.807, 2.05) is 0 Å². The van der Waals surface area contributed by atoms with Gasteiger partial charge in [0.15, 0.2) is 0 Å². The molecule has 4 heteroatoms. The van der Waals surface area contributed by atoms with Crippen LogP contribution in [0.2, 0.25) is 0 Å². The molecule has 1 heterocycles. The summed E-state index contributed by atoms with van der Waals surface area (Å²) in [6, 6.07) is 0. The molecule has 1 saturated heterocycles. The van der Waals surface area contributed by atoms with E-state index in [9.17, 15) is 4.79 Å². The monoisotopic (exact) mass is 161 g/mol. The van der Waals surface area contributed by atoms with E-state index < -0.39 is 0 Å². The van der Waals surface area contributed by atoms with Crippen molar-refractivity contribution in [1.82, 2.24) is 5.32 Å². The molecule has 0 bridgehead atoms. The lowest BCUT2D eigenvalue weighted by atomic mass is 10.4. The van der Waals surface area contributed by atoms with Gasteiger partial charge in [-0.15, -0.1) is 0 Å². The second kappa shape index (κ2) is 7.50. The maximum Gasteiger partial charge on any atom is 0.220 e. The molecule has 1 aliphatic rings. The number of hydrogen-bond acceptors (Lipinski definition) is 3. The van der Waals surface area contributed by atoms with Gasteiger partial charge in [0.05, 0.1) is 13.2 Å². The van der Waals surface area contributed by atoms with Crippen LogP contribution in [-0.2, 0) is 9.53 Å². The largest absolute Gasteiger partial charge is 0.394 e. The molecular formula is C7H15NO3. The highest BCUT2D eigenvalue weighted by atomic mass is 16.5. The summed E-state index contributed by atoms with van der Waals surface area (Å²) in [5.41, 5.74) is 0. The lowest BCUT2D eigenvalue weighted by Crippen LogP contribution is -2.12. The lowest BCUT2D eigenvalue weighted by molar-refractivity contribution is -0.119. The lowest BCUT2D eigenvalue weighted by Gasteiger charge is -1.84. The summed E-state index contributed by atoms with van der Waals surface area (Å²) in [5.74, 6) is 0.204. The summed E-state index contributed by atoms with van der Waals surface area (Å²) >= 11 is 0. The predicted molar refractivity (Wildman–Crippen MR) is 41.2 cm³/mol. The molecule has 0 radical (unpaired) electrons. The highest BCUT2D eigenvalue weighted by Crippen LogP contribution is 1.93. The van der Waals surface area contributed by atoms with Crippen LogP contribution in [-0.4, -0.2) is 37.9 Å². The summed E-state index contributed by atoms with van der Waals surface area (Å²) in [6.45, 7) is 1.45. The average Bonchev–Trinajstić information content (AvgIpc) is 2.43. The van der Waals surface area contributed by atoms with E-state index in [0.29, 0.717) is 6.61 Å². The zero-order chi connectivity index (χ0) is 8.53. The Bertz CT molecular complexity index is 95.9. The first-order valence-corrected chi connectivity index (χ1v) is 3.67. The third-order valence-corrected chi connectivity index (χ3v) is 1.20. The smallest absolute Gasteiger partial charge is 0.220 e. The molecule has 11 heavy (non-hydrogen) atoms. The van der Waals surface area contributed by atoms with Crippen molar-refractivity contribution in [3.63, 3.8) is 0 Å². The third kappa shape index (κ3) is 7.29.